The molecule has 0 saturated heterocycles. The minimum Gasteiger partial charge on any atom is -0.281 e. The van der Waals surface area contributed by atoms with Crippen molar-refractivity contribution < 1.29 is 8.42 Å². The Labute approximate surface area is 111 Å². The van der Waals surface area contributed by atoms with Gasteiger partial charge in [-0.3, -0.25) is 9.77 Å². The molecule has 0 aromatic heterocycles. The molecule has 1 aromatic carbocycles. The van der Waals surface area contributed by atoms with Gasteiger partial charge in [0.15, 0.2) is 9.84 Å². The van der Waals surface area contributed by atoms with E-state index in [4.69, 9.17) is 4.78 Å². The first-order valence-corrected chi connectivity index (χ1v) is 8.92. The lowest BCUT2D eigenvalue weighted by atomic mass is 10.2. The summed E-state index contributed by atoms with van der Waals surface area (Å²) in [5, 5.41) is 0. The molecule has 100 valence electrons. The fourth-order valence-electron chi connectivity index (χ4n) is 1.25. The summed E-state index contributed by atoms with van der Waals surface area (Å²) in [6.45, 7) is 3.60. The van der Waals surface area contributed by atoms with Gasteiger partial charge in [0.2, 0.25) is 0 Å². The van der Waals surface area contributed by atoms with Crippen molar-refractivity contribution >= 4 is 26.7 Å². The number of hydrogen-bond donors (Lipinski definition) is 1. The second kappa shape index (κ2) is 6.80. The molecule has 0 aliphatic rings. The van der Waals surface area contributed by atoms with Crippen molar-refractivity contribution in [3.63, 3.8) is 0 Å². The van der Waals surface area contributed by atoms with Crippen molar-refractivity contribution in [2.45, 2.75) is 18.7 Å². The SMILES string of the molecule is CCS(=N)C/N=C/c1ccc(S(=O)(=O)CC)cc1. The molecule has 0 fully saturated rings. The summed E-state index contributed by atoms with van der Waals surface area (Å²) in [4.78, 5) is 4.52. The monoisotopic (exact) mass is 286 g/mol. The zero-order chi connectivity index (χ0) is 13.6. The maximum absolute atomic E-state index is 11.6. The van der Waals surface area contributed by atoms with Gasteiger partial charge in [0.05, 0.1) is 16.5 Å². The third kappa shape index (κ3) is 4.34. The Morgan fingerprint density at radius 2 is 1.89 bits per heavy atom. The summed E-state index contributed by atoms with van der Waals surface area (Å²) >= 11 is 0. The van der Waals surface area contributed by atoms with Crippen molar-refractivity contribution in [3.8, 4) is 0 Å². The second-order valence-corrected chi connectivity index (χ2v) is 7.79. The van der Waals surface area contributed by atoms with Crippen molar-refractivity contribution in [2.24, 2.45) is 4.99 Å². The number of benzene rings is 1. The predicted molar refractivity (Wildman–Crippen MR) is 77.3 cm³/mol. The Kier molecular flexibility index (Phi) is 5.68. The van der Waals surface area contributed by atoms with Gasteiger partial charge < -0.3 is 0 Å². The van der Waals surface area contributed by atoms with Gasteiger partial charge in [-0.15, -0.1) is 0 Å². The molecule has 4 nitrogen and oxygen atoms in total. The molecule has 0 aliphatic heterocycles. The van der Waals surface area contributed by atoms with Crippen LogP contribution in [-0.4, -0.2) is 32.0 Å². The van der Waals surface area contributed by atoms with Crippen LogP contribution in [0.3, 0.4) is 0 Å². The van der Waals surface area contributed by atoms with E-state index in [9.17, 15) is 8.42 Å². The van der Waals surface area contributed by atoms with Crippen LogP contribution >= 0.6 is 0 Å². The lowest BCUT2D eigenvalue weighted by Crippen LogP contribution is -2.03. The standard InChI is InChI=1S/C12H18N2O2S2/c1-3-17(13)10-14-9-11-5-7-12(8-6-11)18(15,16)4-2/h5-9,13H,3-4,10H2,1-2H3/b14-9+. The minimum atomic E-state index is -3.13. The first-order chi connectivity index (χ1) is 8.49. The van der Waals surface area contributed by atoms with E-state index in [1.165, 1.54) is 0 Å². The van der Waals surface area contributed by atoms with Crippen LogP contribution in [0.15, 0.2) is 34.2 Å². The lowest BCUT2D eigenvalue weighted by molar-refractivity contribution is 0.597. The molecule has 1 aromatic rings. The number of nitrogens with one attached hydrogen (secondary N) is 1. The molecule has 0 aliphatic carbocycles. The van der Waals surface area contributed by atoms with E-state index in [0.29, 0.717) is 10.8 Å². The zero-order valence-corrected chi connectivity index (χ0v) is 12.2. The first kappa shape index (κ1) is 15.0. The highest BCUT2D eigenvalue weighted by molar-refractivity contribution is 7.91. The number of nitrogens with zero attached hydrogens (tertiary/aromatic N) is 1. The van der Waals surface area contributed by atoms with Crippen LogP contribution in [0.25, 0.3) is 0 Å². The average Bonchev–Trinajstić information content (AvgIpc) is 2.39. The van der Waals surface area contributed by atoms with Crippen molar-refractivity contribution in [3.05, 3.63) is 29.8 Å². The minimum absolute atomic E-state index is 0.110. The van der Waals surface area contributed by atoms with Crippen LogP contribution in [0, 0.1) is 4.78 Å². The molecule has 18 heavy (non-hydrogen) atoms. The fraction of sp³-hybridized carbons (Fsp3) is 0.417. The largest absolute Gasteiger partial charge is 0.281 e. The highest BCUT2D eigenvalue weighted by Crippen LogP contribution is 2.11. The number of sulfone groups is 1. The molecular weight excluding hydrogens is 268 g/mol. The average molecular weight is 286 g/mol. The Hall–Kier alpha value is -1.01. The van der Waals surface area contributed by atoms with Crippen molar-refractivity contribution in [1.82, 2.24) is 0 Å². The van der Waals surface area contributed by atoms with E-state index in [0.717, 1.165) is 11.3 Å². The van der Waals surface area contributed by atoms with Gasteiger partial charge in [-0.05, 0) is 17.7 Å². The molecule has 1 atom stereocenters. The molecule has 6 heteroatoms. The zero-order valence-electron chi connectivity index (χ0n) is 10.6. The summed E-state index contributed by atoms with van der Waals surface area (Å²) in [7, 11) is -3.54. The van der Waals surface area contributed by atoms with E-state index in [1.807, 2.05) is 6.92 Å². The Balaban J connectivity index is 2.75. The van der Waals surface area contributed by atoms with Crippen LogP contribution in [-0.2, 0) is 20.5 Å². The summed E-state index contributed by atoms with van der Waals surface area (Å²) in [6.07, 6.45) is 1.69. The predicted octanol–water partition coefficient (Wildman–Crippen LogP) is 2.26. The number of rotatable bonds is 6. The quantitative estimate of drug-likeness (QED) is 0.815. The number of hydrogen-bond acceptors (Lipinski definition) is 4. The molecule has 0 amide bonds. The van der Waals surface area contributed by atoms with E-state index < -0.39 is 20.5 Å². The first-order valence-electron chi connectivity index (χ1n) is 5.71. The molecule has 0 heterocycles. The maximum Gasteiger partial charge on any atom is 0.178 e. The van der Waals surface area contributed by atoms with Crippen molar-refractivity contribution in [2.75, 3.05) is 17.4 Å². The van der Waals surface area contributed by atoms with E-state index >= 15 is 0 Å². The summed E-state index contributed by atoms with van der Waals surface area (Å²) in [5.41, 5.74) is 0.859. The van der Waals surface area contributed by atoms with E-state index in [2.05, 4.69) is 4.99 Å². The van der Waals surface area contributed by atoms with Gasteiger partial charge in [0, 0.05) is 12.0 Å². The van der Waals surface area contributed by atoms with E-state index in [-0.39, 0.29) is 5.75 Å². The smallest absolute Gasteiger partial charge is 0.178 e. The third-order valence-corrected chi connectivity index (χ3v) is 5.35. The van der Waals surface area contributed by atoms with Gasteiger partial charge in [-0.2, -0.15) is 0 Å². The number of aliphatic imine (C=N–C) groups is 1. The van der Waals surface area contributed by atoms with Gasteiger partial charge in [-0.25, -0.2) is 8.42 Å². The summed E-state index contributed by atoms with van der Waals surface area (Å²) < 4.78 is 30.8. The second-order valence-electron chi connectivity index (χ2n) is 3.69. The molecule has 0 spiro atoms. The van der Waals surface area contributed by atoms with Crippen LogP contribution in [0.5, 0.6) is 0 Å². The van der Waals surface area contributed by atoms with Crippen molar-refractivity contribution in [1.29, 1.82) is 4.78 Å². The molecule has 0 saturated carbocycles. The molecule has 1 rings (SSSR count). The Morgan fingerprint density at radius 3 is 2.39 bits per heavy atom. The molecule has 0 bridgehead atoms. The topological polar surface area (TPSA) is 70.3 Å². The molecular formula is C12H18N2O2S2. The third-order valence-electron chi connectivity index (χ3n) is 2.44. The van der Waals surface area contributed by atoms with Crippen LogP contribution < -0.4 is 0 Å². The van der Waals surface area contributed by atoms with Crippen LogP contribution in [0.2, 0.25) is 0 Å². The normalized spacial score (nSPS) is 13.9. The molecule has 1 unspecified atom stereocenters. The summed E-state index contributed by atoms with van der Waals surface area (Å²) in [5.74, 6) is 1.43. The van der Waals surface area contributed by atoms with Gasteiger partial charge >= 0.3 is 0 Å². The van der Waals surface area contributed by atoms with Gasteiger partial charge in [0.25, 0.3) is 0 Å². The highest BCUT2D eigenvalue weighted by Gasteiger charge is 2.10. The maximum atomic E-state index is 11.6. The van der Waals surface area contributed by atoms with Crippen LogP contribution in [0.1, 0.15) is 19.4 Å². The fourth-order valence-corrected chi connectivity index (χ4v) is 2.57. The Bertz CT molecular complexity index is 534. The summed E-state index contributed by atoms with van der Waals surface area (Å²) in [6, 6.07) is 6.67. The lowest BCUT2D eigenvalue weighted by Gasteiger charge is -2.01. The molecule has 1 N–H and O–H groups in total. The molecule has 0 radical (unpaired) electrons. The Morgan fingerprint density at radius 1 is 1.28 bits per heavy atom. The highest BCUT2D eigenvalue weighted by atomic mass is 32.2. The van der Waals surface area contributed by atoms with Crippen LogP contribution in [0.4, 0.5) is 0 Å². The van der Waals surface area contributed by atoms with Gasteiger partial charge in [-0.1, -0.05) is 36.7 Å². The van der Waals surface area contributed by atoms with E-state index in [1.54, 1.807) is 37.4 Å². The van der Waals surface area contributed by atoms with Gasteiger partial charge in [0.1, 0.15) is 0 Å².